The minimum atomic E-state index is 0. The molecular formula is C18H30IN7O. The summed E-state index contributed by atoms with van der Waals surface area (Å²) in [5.74, 6) is 1.91. The first kappa shape index (κ1) is 21.6. The van der Waals surface area contributed by atoms with Crippen molar-refractivity contribution in [3.05, 3.63) is 18.5 Å². The van der Waals surface area contributed by atoms with Crippen molar-refractivity contribution in [2.75, 3.05) is 57.3 Å². The highest BCUT2D eigenvalue weighted by Crippen LogP contribution is 2.11. The summed E-state index contributed by atoms with van der Waals surface area (Å²) in [6, 6.07) is 1.83. The second-order valence-electron chi connectivity index (χ2n) is 6.60. The predicted octanol–water partition coefficient (Wildman–Crippen LogP) is 1.19. The van der Waals surface area contributed by atoms with Gasteiger partial charge in [0, 0.05) is 64.6 Å². The Morgan fingerprint density at radius 1 is 1.07 bits per heavy atom. The molecule has 9 heteroatoms. The molecule has 1 aromatic heterocycles. The van der Waals surface area contributed by atoms with Gasteiger partial charge in [-0.3, -0.25) is 9.79 Å². The number of carbonyl (C=O) groups excluding carboxylic acids is 1. The van der Waals surface area contributed by atoms with Crippen LogP contribution in [-0.2, 0) is 4.79 Å². The van der Waals surface area contributed by atoms with Gasteiger partial charge in [0.2, 0.25) is 11.9 Å². The molecule has 3 rings (SSSR count). The van der Waals surface area contributed by atoms with Crippen molar-refractivity contribution < 1.29 is 4.79 Å². The molecule has 2 fully saturated rings. The molecule has 0 aliphatic carbocycles. The predicted molar refractivity (Wildman–Crippen MR) is 118 cm³/mol. The zero-order valence-corrected chi connectivity index (χ0v) is 18.3. The lowest BCUT2D eigenvalue weighted by Gasteiger charge is -2.36. The number of aliphatic imine (C=N–C) groups is 1. The number of rotatable bonds is 5. The summed E-state index contributed by atoms with van der Waals surface area (Å²) in [5, 5.41) is 3.35. The van der Waals surface area contributed by atoms with E-state index in [0.29, 0.717) is 13.0 Å². The first-order valence-electron chi connectivity index (χ1n) is 9.61. The van der Waals surface area contributed by atoms with E-state index in [1.807, 2.05) is 11.0 Å². The summed E-state index contributed by atoms with van der Waals surface area (Å²) in [6.07, 6.45) is 6.31. The van der Waals surface area contributed by atoms with Gasteiger partial charge >= 0.3 is 0 Å². The van der Waals surface area contributed by atoms with Gasteiger partial charge in [-0.2, -0.15) is 0 Å². The Kier molecular flexibility index (Phi) is 9.02. The van der Waals surface area contributed by atoms with Crippen molar-refractivity contribution in [2.45, 2.75) is 26.2 Å². The van der Waals surface area contributed by atoms with E-state index in [9.17, 15) is 4.79 Å². The van der Waals surface area contributed by atoms with E-state index >= 15 is 0 Å². The number of amides is 1. The molecule has 0 radical (unpaired) electrons. The van der Waals surface area contributed by atoms with Crippen LogP contribution in [0.1, 0.15) is 26.2 Å². The van der Waals surface area contributed by atoms with E-state index in [1.54, 1.807) is 12.4 Å². The lowest BCUT2D eigenvalue weighted by atomic mass is 10.3. The molecule has 0 unspecified atom stereocenters. The number of hydrogen-bond acceptors (Lipinski definition) is 5. The minimum Gasteiger partial charge on any atom is -0.357 e. The van der Waals surface area contributed by atoms with Gasteiger partial charge in [0.05, 0.1) is 6.54 Å². The van der Waals surface area contributed by atoms with Crippen molar-refractivity contribution >= 4 is 41.8 Å². The maximum Gasteiger partial charge on any atom is 0.225 e. The number of hydrogen-bond donors (Lipinski definition) is 1. The van der Waals surface area contributed by atoms with Crippen LogP contribution in [0.4, 0.5) is 5.95 Å². The van der Waals surface area contributed by atoms with Crippen LogP contribution in [0.5, 0.6) is 0 Å². The second-order valence-corrected chi connectivity index (χ2v) is 6.60. The molecule has 3 heterocycles. The Morgan fingerprint density at radius 2 is 1.74 bits per heavy atom. The Bertz CT molecular complexity index is 599. The Balaban J connectivity index is 0.00000261. The summed E-state index contributed by atoms with van der Waals surface area (Å²) >= 11 is 0. The van der Waals surface area contributed by atoms with Gasteiger partial charge in [0.1, 0.15) is 0 Å². The van der Waals surface area contributed by atoms with Gasteiger partial charge < -0.3 is 20.0 Å². The third-order valence-corrected chi connectivity index (χ3v) is 4.80. The standard InChI is InChI=1S/C18H29N7O.HI/c1-2-19-17(22-9-6-16(26)23-10-3-4-11-23)24-12-14-25(15-13-24)18-20-7-5-8-21-18;/h5,7-8H,2-4,6,9-15H2,1H3,(H,19,22);1H. The lowest BCUT2D eigenvalue weighted by molar-refractivity contribution is -0.129. The normalized spacial score (nSPS) is 17.7. The topological polar surface area (TPSA) is 77.0 Å². The molecule has 8 nitrogen and oxygen atoms in total. The van der Waals surface area contributed by atoms with Crippen molar-refractivity contribution in [1.29, 1.82) is 0 Å². The third kappa shape index (κ3) is 6.18. The summed E-state index contributed by atoms with van der Waals surface area (Å²) in [4.78, 5) is 31.9. The summed E-state index contributed by atoms with van der Waals surface area (Å²) in [6.45, 7) is 8.70. The van der Waals surface area contributed by atoms with Crippen LogP contribution in [0.15, 0.2) is 23.5 Å². The molecule has 2 aliphatic rings. The van der Waals surface area contributed by atoms with Crippen molar-refractivity contribution in [2.24, 2.45) is 4.99 Å². The molecule has 2 aliphatic heterocycles. The second kappa shape index (κ2) is 11.3. The van der Waals surface area contributed by atoms with Crippen LogP contribution in [0.2, 0.25) is 0 Å². The van der Waals surface area contributed by atoms with E-state index in [1.165, 1.54) is 0 Å². The number of nitrogens with zero attached hydrogens (tertiary/aromatic N) is 6. The monoisotopic (exact) mass is 487 g/mol. The molecule has 1 aromatic rings. The maximum atomic E-state index is 12.2. The maximum absolute atomic E-state index is 12.2. The van der Waals surface area contributed by atoms with Gasteiger partial charge in [0.15, 0.2) is 5.96 Å². The molecule has 1 amide bonds. The molecule has 0 bridgehead atoms. The van der Waals surface area contributed by atoms with Crippen LogP contribution in [0.25, 0.3) is 0 Å². The number of anilines is 1. The first-order chi connectivity index (χ1) is 12.8. The number of halogens is 1. The fourth-order valence-electron chi connectivity index (χ4n) is 3.38. The number of aromatic nitrogens is 2. The molecule has 150 valence electrons. The van der Waals surface area contributed by atoms with Crippen LogP contribution in [0.3, 0.4) is 0 Å². The zero-order chi connectivity index (χ0) is 18.2. The van der Waals surface area contributed by atoms with Gasteiger partial charge in [0.25, 0.3) is 0 Å². The number of carbonyl (C=O) groups is 1. The smallest absolute Gasteiger partial charge is 0.225 e. The number of guanidine groups is 1. The van der Waals surface area contributed by atoms with Crippen LogP contribution in [-0.4, -0.2) is 84.0 Å². The Morgan fingerprint density at radius 3 is 2.37 bits per heavy atom. The van der Waals surface area contributed by atoms with Gasteiger partial charge in [-0.25, -0.2) is 9.97 Å². The molecule has 2 saturated heterocycles. The Labute approximate surface area is 178 Å². The summed E-state index contributed by atoms with van der Waals surface area (Å²) in [7, 11) is 0. The van der Waals surface area contributed by atoms with Crippen molar-refractivity contribution in [3.63, 3.8) is 0 Å². The van der Waals surface area contributed by atoms with Crippen molar-refractivity contribution in [1.82, 2.24) is 25.1 Å². The van der Waals surface area contributed by atoms with Gasteiger partial charge in [-0.15, -0.1) is 24.0 Å². The molecular weight excluding hydrogens is 457 g/mol. The number of nitrogens with one attached hydrogen (secondary N) is 1. The molecule has 0 saturated carbocycles. The average molecular weight is 487 g/mol. The van der Waals surface area contributed by atoms with Crippen LogP contribution < -0.4 is 10.2 Å². The molecule has 0 atom stereocenters. The lowest BCUT2D eigenvalue weighted by Crippen LogP contribution is -2.53. The molecule has 0 aromatic carbocycles. The molecule has 0 spiro atoms. The van der Waals surface area contributed by atoms with E-state index in [4.69, 9.17) is 0 Å². The summed E-state index contributed by atoms with van der Waals surface area (Å²) < 4.78 is 0. The average Bonchev–Trinajstić information content (AvgIpc) is 3.23. The zero-order valence-electron chi connectivity index (χ0n) is 16.0. The third-order valence-electron chi connectivity index (χ3n) is 4.80. The van der Waals surface area contributed by atoms with E-state index in [0.717, 1.165) is 70.6 Å². The SMILES string of the molecule is CCNC(=NCCC(=O)N1CCCC1)N1CCN(c2ncccn2)CC1.I. The fourth-order valence-corrected chi connectivity index (χ4v) is 3.38. The fraction of sp³-hybridized carbons (Fsp3) is 0.667. The largest absolute Gasteiger partial charge is 0.357 e. The highest BCUT2D eigenvalue weighted by Gasteiger charge is 2.21. The number of piperazine rings is 1. The van der Waals surface area contributed by atoms with Crippen molar-refractivity contribution in [3.8, 4) is 0 Å². The summed E-state index contributed by atoms with van der Waals surface area (Å²) in [5.41, 5.74) is 0. The highest BCUT2D eigenvalue weighted by atomic mass is 127. The van der Waals surface area contributed by atoms with Crippen LogP contribution >= 0.6 is 24.0 Å². The van der Waals surface area contributed by atoms with Crippen LogP contribution in [0, 0.1) is 0 Å². The first-order valence-corrected chi connectivity index (χ1v) is 9.61. The quantitative estimate of drug-likeness (QED) is 0.382. The number of likely N-dealkylation sites (tertiary alicyclic amines) is 1. The molecule has 27 heavy (non-hydrogen) atoms. The van der Waals surface area contributed by atoms with E-state index in [2.05, 4.69) is 37.0 Å². The Hall–Kier alpha value is -1.65. The highest BCUT2D eigenvalue weighted by molar-refractivity contribution is 14.0. The van der Waals surface area contributed by atoms with E-state index < -0.39 is 0 Å². The van der Waals surface area contributed by atoms with E-state index in [-0.39, 0.29) is 29.9 Å². The van der Waals surface area contributed by atoms with Gasteiger partial charge in [-0.05, 0) is 25.8 Å². The minimum absolute atomic E-state index is 0. The van der Waals surface area contributed by atoms with Gasteiger partial charge in [-0.1, -0.05) is 0 Å². The molecule has 1 N–H and O–H groups in total.